The molecule has 3 aliphatic rings. The van der Waals surface area contributed by atoms with Crippen molar-refractivity contribution in [3.05, 3.63) is 78.2 Å². The summed E-state index contributed by atoms with van der Waals surface area (Å²) in [5.74, 6) is -2.71. The molecule has 0 unspecified atom stereocenters. The van der Waals surface area contributed by atoms with Crippen LogP contribution in [0.15, 0.2) is 11.4 Å². The fourth-order valence-corrected chi connectivity index (χ4v) is 7.68. The lowest BCUT2D eigenvalue weighted by Gasteiger charge is -2.19. The zero-order valence-electron chi connectivity index (χ0n) is 28.0. The van der Waals surface area contributed by atoms with Crippen molar-refractivity contribution in [2.45, 2.75) is 67.2 Å². The first kappa shape index (κ1) is 32.1. The second-order valence-corrected chi connectivity index (χ2v) is 12.5. The van der Waals surface area contributed by atoms with Crippen molar-refractivity contribution < 1.29 is 28.7 Å². The molecular weight excluding hydrogens is 596 g/mol. The number of methoxy groups -OCH3 is 1. The van der Waals surface area contributed by atoms with Gasteiger partial charge in [0.15, 0.2) is 12.1 Å². The molecule has 0 aromatic carbocycles. The molecule has 0 spiro atoms. The van der Waals surface area contributed by atoms with Crippen LogP contribution in [0.3, 0.4) is 0 Å². The zero-order valence-corrected chi connectivity index (χ0v) is 28.0. The van der Waals surface area contributed by atoms with E-state index in [0.717, 1.165) is 57.5 Å². The van der Waals surface area contributed by atoms with E-state index in [1.807, 2.05) is 26.0 Å². The van der Waals surface area contributed by atoms with Crippen molar-refractivity contribution in [3.8, 4) is 0 Å². The fourth-order valence-electron chi connectivity index (χ4n) is 7.68. The van der Waals surface area contributed by atoms with Crippen molar-refractivity contribution in [3.63, 3.8) is 0 Å². The molecule has 2 aliphatic heterocycles. The van der Waals surface area contributed by atoms with Crippen LogP contribution in [-0.2, 0) is 31.9 Å². The third-order valence-corrected chi connectivity index (χ3v) is 10.2. The summed E-state index contributed by atoms with van der Waals surface area (Å²) >= 11 is 0. The van der Waals surface area contributed by atoms with Crippen LogP contribution in [0, 0.1) is 31.6 Å². The topological polar surface area (TPSA) is 146 Å². The number of hydrogen-bond donors (Lipinski definition) is 4. The molecule has 3 aromatic heterocycles. The monoisotopic (exact) mass is 638 g/mol. The van der Waals surface area contributed by atoms with Gasteiger partial charge in [0.05, 0.1) is 24.8 Å². The van der Waals surface area contributed by atoms with E-state index in [1.165, 1.54) is 7.11 Å². The van der Waals surface area contributed by atoms with E-state index in [-0.39, 0.29) is 30.0 Å². The van der Waals surface area contributed by atoms with Gasteiger partial charge in [0, 0.05) is 68.8 Å². The standard InChI is InChI=1S/C37H42N4O6/c1-8-20-17(4)24-13-25-18(5)22(11-12-30(43)47-10-3)34(40-25)32-33(37(45)46-7)36(44)31-19(6)26(41-35(31)32)14-28-21(9-2)23(16-42)29(39-28)15-27(20)38-24/h13-16,18,22,33,38-41H,8-12H2,1-7H3/b25-13-,28-14-,29-15-,34-32-/t18-,22+,33-/m1/s1. The van der Waals surface area contributed by atoms with E-state index in [4.69, 9.17) is 9.47 Å². The molecule has 246 valence electrons. The Morgan fingerprint density at radius 1 is 0.915 bits per heavy atom. The maximum Gasteiger partial charge on any atom is 0.321 e. The van der Waals surface area contributed by atoms with Crippen molar-refractivity contribution in [2.75, 3.05) is 13.7 Å². The van der Waals surface area contributed by atoms with E-state index in [9.17, 15) is 19.2 Å². The predicted octanol–water partition coefficient (Wildman–Crippen LogP) is 4.13. The van der Waals surface area contributed by atoms with Crippen molar-refractivity contribution >= 4 is 47.8 Å². The third kappa shape index (κ3) is 5.10. The number of hydrogen-bond acceptors (Lipinski definition) is 7. The Labute approximate surface area is 273 Å². The smallest absolute Gasteiger partial charge is 0.321 e. The average molecular weight is 639 g/mol. The fraction of sp³-hybridized carbons (Fsp3) is 0.405. The van der Waals surface area contributed by atoms with Crippen LogP contribution in [0.1, 0.15) is 106 Å². The molecule has 6 rings (SSSR count). The summed E-state index contributed by atoms with van der Waals surface area (Å²) in [6.45, 7) is 12.2. The minimum Gasteiger partial charge on any atom is -0.468 e. The maximum atomic E-state index is 14.1. The second-order valence-electron chi connectivity index (χ2n) is 12.5. The SMILES string of the molecule is CCOC(=O)CC[C@@H]1/C2=C3/c4[nH]c(c(C)c4C(=O)[C@@H]3C(=O)OC)/C=c3\[nH]/c(c(C=O)c3CC)=C\c3[nH]c(c(C)c3CC)/C=C(\N2)[C@@H]1C. The molecule has 1 saturated heterocycles. The van der Waals surface area contributed by atoms with Crippen LogP contribution in [-0.4, -0.2) is 52.7 Å². The molecule has 0 amide bonds. The van der Waals surface area contributed by atoms with Gasteiger partial charge in [-0.3, -0.25) is 19.2 Å². The first-order valence-corrected chi connectivity index (χ1v) is 16.4. The largest absolute Gasteiger partial charge is 0.468 e. The van der Waals surface area contributed by atoms with Gasteiger partial charge in [-0.05, 0) is 80.5 Å². The third-order valence-electron chi connectivity index (χ3n) is 10.2. The van der Waals surface area contributed by atoms with Gasteiger partial charge >= 0.3 is 11.9 Å². The minimum absolute atomic E-state index is 0.0818. The number of aromatic nitrogens is 3. The predicted molar refractivity (Wildman–Crippen MR) is 179 cm³/mol. The minimum atomic E-state index is -1.16. The summed E-state index contributed by atoms with van der Waals surface area (Å²) in [4.78, 5) is 63.1. The molecule has 1 aliphatic carbocycles. The number of nitrogens with one attached hydrogen (secondary N) is 4. The molecule has 1 fully saturated rings. The van der Waals surface area contributed by atoms with Gasteiger partial charge in [0.25, 0.3) is 0 Å². The first-order chi connectivity index (χ1) is 22.6. The Kier molecular flexibility index (Phi) is 8.46. The number of carbonyl (C=O) groups is 4. The highest BCUT2D eigenvalue weighted by Gasteiger charge is 2.48. The quantitative estimate of drug-likeness (QED) is 0.165. The van der Waals surface area contributed by atoms with Crippen molar-refractivity contribution in [2.24, 2.45) is 17.8 Å². The van der Waals surface area contributed by atoms with E-state index in [1.54, 1.807) is 6.92 Å². The molecule has 0 saturated carbocycles. The van der Waals surface area contributed by atoms with Crippen molar-refractivity contribution in [1.82, 2.24) is 20.3 Å². The molecule has 3 aromatic rings. The zero-order chi connectivity index (χ0) is 33.7. The van der Waals surface area contributed by atoms with Crippen LogP contribution in [0.25, 0.3) is 23.8 Å². The first-order valence-electron chi connectivity index (χ1n) is 16.4. The summed E-state index contributed by atoms with van der Waals surface area (Å²) in [5, 5.41) is 5.10. The molecule has 47 heavy (non-hydrogen) atoms. The number of rotatable bonds is 8. The highest BCUT2D eigenvalue weighted by molar-refractivity contribution is 6.24. The summed E-state index contributed by atoms with van der Waals surface area (Å²) in [6, 6.07) is 0. The number of carbonyl (C=O) groups excluding carboxylic acids is 4. The Morgan fingerprint density at radius 2 is 1.62 bits per heavy atom. The van der Waals surface area contributed by atoms with Gasteiger partial charge in [0.1, 0.15) is 5.92 Å². The Morgan fingerprint density at radius 3 is 2.28 bits per heavy atom. The number of allylic oxidation sites excluding steroid dienone is 2. The van der Waals surface area contributed by atoms with E-state index < -0.39 is 11.9 Å². The second kappa shape index (κ2) is 12.4. The molecule has 10 nitrogen and oxygen atoms in total. The van der Waals surface area contributed by atoms with Crippen LogP contribution >= 0.6 is 0 Å². The van der Waals surface area contributed by atoms with Gasteiger partial charge in [0.2, 0.25) is 0 Å². The molecule has 10 heteroatoms. The van der Waals surface area contributed by atoms with Crippen LogP contribution in [0.4, 0.5) is 0 Å². The lowest BCUT2D eigenvalue weighted by molar-refractivity contribution is -0.143. The molecule has 4 N–H and O–H groups in total. The summed E-state index contributed by atoms with van der Waals surface area (Å²) in [6.07, 6.45) is 8.96. The highest BCUT2D eigenvalue weighted by atomic mass is 16.5. The van der Waals surface area contributed by atoms with Gasteiger partial charge in [-0.2, -0.15) is 0 Å². The maximum absolute atomic E-state index is 14.1. The number of Topliss-reactive ketones (excluding diaryl/α,β-unsaturated/α-hetero) is 1. The van der Waals surface area contributed by atoms with E-state index in [2.05, 4.69) is 47.1 Å². The van der Waals surface area contributed by atoms with Crippen LogP contribution in [0.2, 0.25) is 0 Å². The summed E-state index contributed by atoms with van der Waals surface area (Å²) < 4.78 is 10.5. The summed E-state index contributed by atoms with van der Waals surface area (Å²) in [5.41, 5.74) is 10.1. The molecule has 5 heterocycles. The average Bonchev–Trinajstić information content (AvgIpc) is 3.80. The highest BCUT2D eigenvalue weighted by Crippen LogP contribution is 2.48. The van der Waals surface area contributed by atoms with Gasteiger partial charge in [-0.15, -0.1) is 0 Å². The molecule has 0 radical (unpaired) electrons. The number of aldehydes is 1. The van der Waals surface area contributed by atoms with Crippen molar-refractivity contribution in [1.29, 1.82) is 0 Å². The number of fused-ring (bicyclic) bond motifs is 7. The molecule has 3 atom stereocenters. The Hall–Kier alpha value is -4.86. The molecular formula is C37H42N4O6. The van der Waals surface area contributed by atoms with Gasteiger partial charge < -0.3 is 29.7 Å². The Bertz CT molecular complexity index is 2020. The Balaban J connectivity index is 1.70. The van der Waals surface area contributed by atoms with Crippen LogP contribution in [0.5, 0.6) is 0 Å². The van der Waals surface area contributed by atoms with E-state index >= 15 is 0 Å². The van der Waals surface area contributed by atoms with Crippen LogP contribution < -0.4 is 16.0 Å². The lowest BCUT2D eigenvalue weighted by atomic mass is 9.85. The van der Waals surface area contributed by atoms with Gasteiger partial charge in [-0.1, -0.05) is 20.8 Å². The number of H-pyrrole nitrogens is 3. The normalized spacial score (nSPS) is 23.7. The lowest BCUT2D eigenvalue weighted by Crippen LogP contribution is -2.25. The number of aromatic amines is 3. The van der Waals surface area contributed by atoms with Gasteiger partial charge in [-0.25, -0.2) is 0 Å². The summed E-state index contributed by atoms with van der Waals surface area (Å²) in [7, 11) is 1.29. The number of ether oxygens (including phenoxy) is 2. The number of ketones is 1. The number of esters is 2. The van der Waals surface area contributed by atoms with E-state index in [0.29, 0.717) is 58.4 Å². The molecule has 8 bridgehead atoms.